The van der Waals surface area contributed by atoms with E-state index >= 15 is 0 Å². The number of hydrogen-bond acceptors (Lipinski definition) is 4. The lowest BCUT2D eigenvalue weighted by Crippen LogP contribution is -2.36. The van der Waals surface area contributed by atoms with Crippen molar-refractivity contribution in [2.75, 3.05) is 18.8 Å². The topological polar surface area (TPSA) is 46.1 Å². The zero-order chi connectivity index (χ0) is 19.3. The van der Waals surface area contributed by atoms with E-state index < -0.39 is 0 Å². The number of para-hydroxylation sites is 1. The van der Waals surface area contributed by atoms with Crippen molar-refractivity contribution in [1.29, 1.82) is 0 Å². The van der Waals surface area contributed by atoms with Crippen LogP contribution in [-0.4, -0.2) is 39.6 Å². The largest absolute Gasteiger partial charge is 0.342 e. The average Bonchev–Trinajstić information content (AvgIpc) is 2.77. The summed E-state index contributed by atoms with van der Waals surface area (Å²) in [4.78, 5) is 24.4. The van der Waals surface area contributed by atoms with Gasteiger partial charge in [0.05, 0.1) is 11.3 Å². The highest BCUT2D eigenvalue weighted by Crippen LogP contribution is 2.30. The first-order valence-electron chi connectivity index (χ1n) is 10.0. The Morgan fingerprint density at radius 3 is 2.54 bits per heavy atom. The Balaban J connectivity index is 1.68. The molecule has 2 aromatic carbocycles. The van der Waals surface area contributed by atoms with Crippen LogP contribution < -0.4 is 0 Å². The fraction of sp³-hybridized carbons (Fsp3) is 0.348. The lowest BCUT2D eigenvalue weighted by atomic mass is 10.1. The van der Waals surface area contributed by atoms with Crippen molar-refractivity contribution >= 4 is 28.6 Å². The number of amides is 1. The van der Waals surface area contributed by atoms with Crippen LogP contribution in [0.25, 0.3) is 22.3 Å². The number of piperidine rings is 1. The summed E-state index contributed by atoms with van der Waals surface area (Å²) >= 11 is 1.54. The van der Waals surface area contributed by atoms with Crippen LogP contribution in [0.2, 0.25) is 0 Å². The number of fused-ring (bicyclic) bond motifs is 1. The molecular formula is C23H25N3OS. The van der Waals surface area contributed by atoms with Gasteiger partial charge < -0.3 is 4.90 Å². The van der Waals surface area contributed by atoms with E-state index in [0.29, 0.717) is 5.75 Å². The maximum Gasteiger partial charge on any atom is 0.232 e. The molecule has 1 aromatic heterocycles. The summed E-state index contributed by atoms with van der Waals surface area (Å²) in [5, 5.41) is 1.93. The summed E-state index contributed by atoms with van der Waals surface area (Å²) in [7, 11) is 0. The van der Waals surface area contributed by atoms with Crippen molar-refractivity contribution in [2.24, 2.45) is 0 Å². The first-order chi connectivity index (χ1) is 13.8. The number of aryl methyl sites for hydroxylation is 1. The van der Waals surface area contributed by atoms with Crippen LogP contribution in [-0.2, 0) is 11.2 Å². The Hall–Kier alpha value is -2.40. The molecule has 0 spiro atoms. The van der Waals surface area contributed by atoms with Gasteiger partial charge in [-0.15, -0.1) is 0 Å². The molecule has 5 heteroatoms. The number of benzene rings is 2. The van der Waals surface area contributed by atoms with Crippen LogP contribution in [0.4, 0.5) is 0 Å². The van der Waals surface area contributed by atoms with E-state index in [1.54, 1.807) is 0 Å². The molecule has 0 bridgehead atoms. The van der Waals surface area contributed by atoms with E-state index in [-0.39, 0.29) is 5.91 Å². The Kier molecular flexibility index (Phi) is 5.91. The van der Waals surface area contributed by atoms with Gasteiger partial charge in [-0.3, -0.25) is 4.79 Å². The van der Waals surface area contributed by atoms with Crippen molar-refractivity contribution in [2.45, 2.75) is 37.6 Å². The fourth-order valence-electron chi connectivity index (χ4n) is 3.66. The second-order valence-corrected chi connectivity index (χ2v) is 8.08. The summed E-state index contributed by atoms with van der Waals surface area (Å²) in [6, 6.07) is 16.3. The minimum atomic E-state index is 0.212. The van der Waals surface area contributed by atoms with E-state index in [0.717, 1.165) is 59.7 Å². The van der Waals surface area contributed by atoms with Crippen LogP contribution in [0.3, 0.4) is 0 Å². The first-order valence-corrected chi connectivity index (χ1v) is 11.0. The Bertz CT molecular complexity index is 968. The standard InChI is InChI=1S/C23H25N3OS/c1-2-17-12-9-13-19-21(17)24-22(18-10-5-3-6-11-18)25-23(19)28-16-20(27)26-14-7-4-8-15-26/h3,5-6,9-13H,2,4,7-8,14-16H2,1H3. The van der Waals surface area contributed by atoms with E-state index in [2.05, 4.69) is 25.1 Å². The molecule has 0 atom stereocenters. The molecule has 2 heterocycles. The van der Waals surface area contributed by atoms with Crippen LogP contribution in [0.1, 0.15) is 31.7 Å². The molecule has 3 aromatic rings. The predicted molar refractivity (Wildman–Crippen MR) is 116 cm³/mol. The quantitative estimate of drug-likeness (QED) is 0.455. The zero-order valence-electron chi connectivity index (χ0n) is 16.2. The number of likely N-dealkylation sites (tertiary alicyclic amines) is 1. The molecule has 1 amide bonds. The molecule has 4 rings (SSSR count). The van der Waals surface area contributed by atoms with E-state index in [9.17, 15) is 4.79 Å². The van der Waals surface area contributed by atoms with Gasteiger partial charge in [-0.25, -0.2) is 9.97 Å². The van der Waals surface area contributed by atoms with Gasteiger partial charge in [0.2, 0.25) is 5.91 Å². The Morgan fingerprint density at radius 2 is 1.79 bits per heavy atom. The van der Waals surface area contributed by atoms with Gasteiger partial charge in [0.25, 0.3) is 0 Å². The second kappa shape index (κ2) is 8.74. The van der Waals surface area contributed by atoms with Gasteiger partial charge in [0.1, 0.15) is 5.03 Å². The number of aromatic nitrogens is 2. The summed E-state index contributed by atoms with van der Waals surface area (Å²) < 4.78 is 0. The predicted octanol–water partition coefficient (Wildman–Crippen LogP) is 4.96. The van der Waals surface area contributed by atoms with Crippen molar-refractivity contribution < 1.29 is 4.79 Å². The molecule has 0 aliphatic carbocycles. The maximum absolute atomic E-state index is 12.6. The van der Waals surface area contributed by atoms with Gasteiger partial charge in [0.15, 0.2) is 5.82 Å². The molecule has 0 saturated carbocycles. The van der Waals surface area contributed by atoms with Crippen LogP contribution >= 0.6 is 11.8 Å². The highest BCUT2D eigenvalue weighted by atomic mass is 32.2. The van der Waals surface area contributed by atoms with Crippen LogP contribution in [0.15, 0.2) is 53.6 Å². The zero-order valence-corrected chi connectivity index (χ0v) is 17.0. The number of carbonyl (C=O) groups excluding carboxylic acids is 1. The van der Waals surface area contributed by atoms with Gasteiger partial charge >= 0.3 is 0 Å². The highest BCUT2D eigenvalue weighted by molar-refractivity contribution is 8.00. The molecule has 28 heavy (non-hydrogen) atoms. The monoisotopic (exact) mass is 391 g/mol. The molecule has 0 N–H and O–H groups in total. The molecule has 1 aliphatic heterocycles. The minimum absolute atomic E-state index is 0.212. The Labute approximate surface area is 170 Å². The molecule has 0 radical (unpaired) electrons. The number of carbonyl (C=O) groups is 1. The smallest absolute Gasteiger partial charge is 0.232 e. The van der Waals surface area contributed by atoms with Gasteiger partial charge in [-0.05, 0) is 31.2 Å². The van der Waals surface area contributed by atoms with Gasteiger partial charge in [-0.2, -0.15) is 0 Å². The second-order valence-electron chi connectivity index (χ2n) is 7.12. The lowest BCUT2D eigenvalue weighted by molar-refractivity contribution is -0.129. The van der Waals surface area contributed by atoms with Crippen molar-refractivity contribution in [3.8, 4) is 11.4 Å². The summed E-state index contributed by atoms with van der Waals surface area (Å²) in [6.07, 6.45) is 4.38. The average molecular weight is 392 g/mol. The summed E-state index contributed by atoms with van der Waals surface area (Å²) in [5.41, 5.74) is 3.20. The molecule has 1 aliphatic rings. The maximum atomic E-state index is 12.6. The van der Waals surface area contributed by atoms with Gasteiger partial charge in [-0.1, -0.05) is 67.2 Å². The molecule has 1 fully saturated rings. The minimum Gasteiger partial charge on any atom is -0.342 e. The van der Waals surface area contributed by atoms with E-state index in [4.69, 9.17) is 9.97 Å². The van der Waals surface area contributed by atoms with Crippen molar-refractivity contribution in [3.63, 3.8) is 0 Å². The number of nitrogens with zero attached hydrogens (tertiary/aromatic N) is 3. The third kappa shape index (κ3) is 4.04. The molecule has 1 saturated heterocycles. The Morgan fingerprint density at radius 1 is 1.00 bits per heavy atom. The molecular weight excluding hydrogens is 366 g/mol. The molecule has 0 unspecified atom stereocenters. The molecule has 144 valence electrons. The summed E-state index contributed by atoms with van der Waals surface area (Å²) in [5.74, 6) is 1.36. The normalized spacial score (nSPS) is 14.4. The van der Waals surface area contributed by atoms with Crippen LogP contribution in [0, 0.1) is 0 Å². The highest BCUT2D eigenvalue weighted by Gasteiger charge is 2.18. The number of rotatable bonds is 5. The van der Waals surface area contributed by atoms with Crippen molar-refractivity contribution in [3.05, 3.63) is 54.1 Å². The van der Waals surface area contributed by atoms with Crippen molar-refractivity contribution in [1.82, 2.24) is 14.9 Å². The number of thioether (sulfide) groups is 1. The van der Waals surface area contributed by atoms with Crippen LogP contribution in [0.5, 0.6) is 0 Å². The van der Waals surface area contributed by atoms with E-state index in [1.807, 2.05) is 35.2 Å². The number of hydrogen-bond donors (Lipinski definition) is 0. The lowest BCUT2D eigenvalue weighted by Gasteiger charge is -2.26. The third-order valence-corrected chi connectivity index (χ3v) is 6.21. The third-order valence-electron chi connectivity index (χ3n) is 5.23. The molecule has 4 nitrogen and oxygen atoms in total. The first kappa shape index (κ1) is 18.9. The summed E-state index contributed by atoms with van der Waals surface area (Å²) in [6.45, 7) is 3.92. The fourth-order valence-corrected chi connectivity index (χ4v) is 4.57. The SMILES string of the molecule is CCc1cccc2c(SCC(=O)N3CCCCC3)nc(-c3ccccc3)nc12. The van der Waals surface area contributed by atoms with E-state index in [1.165, 1.54) is 23.7 Å². The van der Waals surface area contributed by atoms with Gasteiger partial charge in [0, 0.05) is 24.0 Å².